The fraction of sp³-hybridized carbons (Fsp3) is 0.261. The lowest BCUT2D eigenvalue weighted by molar-refractivity contribution is -0.437. The Kier molecular flexibility index (Phi) is 7.23. The number of nitrogens with one attached hydrogen (secondary N) is 1. The molecule has 3 N–H and O–H groups in total. The van der Waals surface area contributed by atoms with Gasteiger partial charge in [-0.25, -0.2) is 0 Å². The minimum atomic E-state index is -4.37. The Morgan fingerprint density at radius 2 is 1.70 bits per heavy atom. The van der Waals surface area contributed by atoms with Gasteiger partial charge < -0.3 is 5.32 Å². The maximum Gasteiger partial charge on any atom is 0.294 e. The summed E-state index contributed by atoms with van der Waals surface area (Å²) in [4.78, 5) is -0.204. The summed E-state index contributed by atoms with van der Waals surface area (Å²) in [7, 11) is -8.48. The Morgan fingerprint density at radius 1 is 1.00 bits per heavy atom. The number of nitrogens with zero attached hydrogens (tertiary/aromatic N) is 1. The van der Waals surface area contributed by atoms with Gasteiger partial charge in [-0.2, -0.15) is 21.4 Å². The van der Waals surface area contributed by atoms with E-state index in [1.165, 1.54) is 12.1 Å². The molecule has 8 nitrogen and oxygen atoms in total. The highest BCUT2D eigenvalue weighted by Crippen LogP contribution is 2.41. The van der Waals surface area contributed by atoms with Crippen molar-refractivity contribution in [2.24, 2.45) is 0 Å². The molecule has 176 valence electrons. The summed E-state index contributed by atoms with van der Waals surface area (Å²) in [5, 5.41) is 3.15. The maximum atomic E-state index is 11.7. The molecule has 0 atom stereocenters. The van der Waals surface area contributed by atoms with Gasteiger partial charge in [-0.15, -0.1) is 0 Å². The first kappa shape index (κ1) is 24.8. The Labute approximate surface area is 194 Å². The molecule has 0 saturated heterocycles. The van der Waals surface area contributed by atoms with Gasteiger partial charge in [0, 0.05) is 36.0 Å². The third-order valence-electron chi connectivity index (χ3n) is 5.43. The molecule has 0 bridgehead atoms. The molecule has 33 heavy (non-hydrogen) atoms. The van der Waals surface area contributed by atoms with Crippen LogP contribution in [-0.4, -0.2) is 48.5 Å². The molecule has 0 spiro atoms. The van der Waals surface area contributed by atoms with E-state index in [9.17, 15) is 21.4 Å². The second-order valence-corrected chi connectivity index (χ2v) is 11.2. The quantitative estimate of drug-likeness (QED) is 0.277. The fourth-order valence-electron chi connectivity index (χ4n) is 3.84. The van der Waals surface area contributed by atoms with Crippen molar-refractivity contribution < 1.29 is 30.5 Å². The van der Waals surface area contributed by atoms with Crippen LogP contribution in [-0.2, 0) is 25.7 Å². The van der Waals surface area contributed by atoms with Crippen LogP contribution >= 0.6 is 0 Å². The molecule has 0 aliphatic carbocycles. The van der Waals surface area contributed by atoms with E-state index in [-0.39, 0.29) is 17.1 Å². The number of fused-ring (bicyclic) bond motifs is 1. The van der Waals surface area contributed by atoms with Gasteiger partial charge >= 0.3 is 0 Å². The van der Waals surface area contributed by atoms with E-state index < -0.39 is 25.7 Å². The van der Waals surface area contributed by atoms with E-state index in [0.717, 1.165) is 11.4 Å². The lowest BCUT2D eigenvalue weighted by Crippen LogP contribution is -2.28. The summed E-state index contributed by atoms with van der Waals surface area (Å²) >= 11 is 0. The molecular formula is C23H27N2O6S2+. The van der Waals surface area contributed by atoms with Crippen LogP contribution in [0.25, 0.3) is 0 Å². The Hall–Kier alpha value is -2.79. The first-order valence-electron chi connectivity index (χ1n) is 10.3. The van der Waals surface area contributed by atoms with E-state index in [4.69, 9.17) is 4.55 Å². The van der Waals surface area contributed by atoms with Gasteiger partial charge in [0.2, 0.25) is 5.69 Å². The summed E-state index contributed by atoms with van der Waals surface area (Å²) in [6, 6.07) is 14.0. The summed E-state index contributed by atoms with van der Waals surface area (Å²) < 4.78 is 66.2. The highest BCUT2D eigenvalue weighted by Gasteiger charge is 2.44. The van der Waals surface area contributed by atoms with E-state index >= 15 is 0 Å². The lowest BCUT2D eigenvalue weighted by Gasteiger charge is -2.15. The standard InChI is InChI=1S/C23H26N2O6S2/c1-23(2)20-17-19(33(29,30)31)12-13-21(20)25(15-8-16-32(26,27)28)22(23)11-6-7-14-24-18-9-4-3-5-10-18/h3-7,9-14,17H,8,15-16H2,1-2H3,(H2,26,27,28,29,30,31)/p+1. The second-order valence-electron chi connectivity index (χ2n) is 8.18. The molecule has 0 radical (unpaired) electrons. The van der Waals surface area contributed by atoms with Crippen LogP contribution in [0.2, 0.25) is 0 Å². The third kappa shape index (κ3) is 6.17. The van der Waals surface area contributed by atoms with Crippen molar-refractivity contribution in [3.05, 3.63) is 78.5 Å². The smallest absolute Gasteiger partial charge is 0.294 e. The normalized spacial score (nSPS) is 16.0. The highest BCUT2D eigenvalue weighted by molar-refractivity contribution is 7.86. The summed E-state index contributed by atoms with van der Waals surface area (Å²) in [5.41, 5.74) is 2.55. The molecular weight excluding hydrogens is 464 g/mol. The predicted molar refractivity (Wildman–Crippen MR) is 128 cm³/mol. The molecule has 1 aliphatic heterocycles. The fourth-order valence-corrected chi connectivity index (χ4v) is 4.84. The first-order chi connectivity index (χ1) is 15.4. The van der Waals surface area contributed by atoms with Crippen molar-refractivity contribution in [1.82, 2.24) is 0 Å². The third-order valence-corrected chi connectivity index (χ3v) is 7.08. The molecule has 2 aromatic rings. The van der Waals surface area contributed by atoms with Gasteiger partial charge in [0.15, 0.2) is 5.71 Å². The topological polar surface area (TPSA) is 124 Å². The van der Waals surface area contributed by atoms with Gasteiger partial charge in [0.05, 0.1) is 16.1 Å². The molecule has 2 aromatic carbocycles. The highest BCUT2D eigenvalue weighted by atomic mass is 32.2. The van der Waals surface area contributed by atoms with Crippen LogP contribution in [0, 0.1) is 0 Å². The molecule has 1 aliphatic rings. The van der Waals surface area contributed by atoms with Gasteiger partial charge in [-0.3, -0.25) is 9.11 Å². The molecule has 0 saturated carbocycles. The zero-order valence-corrected chi connectivity index (χ0v) is 20.0. The van der Waals surface area contributed by atoms with E-state index in [2.05, 4.69) is 5.32 Å². The molecule has 0 unspecified atom stereocenters. The van der Waals surface area contributed by atoms with E-state index in [1.54, 1.807) is 12.3 Å². The number of hydrogen-bond acceptors (Lipinski definition) is 5. The van der Waals surface area contributed by atoms with Crippen LogP contribution in [0.5, 0.6) is 0 Å². The van der Waals surface area contributed by atoms with Crippen LogP contribution in [0.3, 0.4) is 0 Å². The average molecular weight is 492 g/mol. The van der Waals surface area contributed by atoms with Crippen molar-refractivity contribution in [1.29, 1.82) is 0 Å². The van der Waals surface area contributed by atoms with Gasteiger partial charge in [0.25, 0.3) is 20.2 Å². The van der Waals surface area contributed by atoms with Crippen molar-refractivity contribution in [3.63, 3.8) is 0 Å². The molecule has 0 aromatic heterocycles. The van der Waals surface area contributed by atoms with Crippen molar-refractivity contribution in [2.75, 3.05) is 17.6 Å². The Balaban J connectivity index is 1.93. The minimum Gasteiger partial charge on any atom is -0.362 e. The SMILES string of the molecule is CC1(C)C(/C=C/C=C/Nc2ccccc2)=[N+](CCCS(=O)(=O)O)c2ccc(S(=O)(=O)O)cc21. The number of para-hydroxylation sites is 1. The van der Waals surface area contributed by atoms with Gasteiger partial charge in [-0.05, 0) is 44.2 Å². The maximum absolute atomic E-state index is 11.7. The second kappa shape index (κ2) is 9.60. The summed E-state index contributed by atoms with van der Waals surface area (Å²) in [5.74, 6) is -0.389. The number of benzene rings is 2. The van der Waals surface area contributed by atoms with Crippen molar-refractivity contribution >= 4 is 37.3 Å². The van der Waals surface area contributed by atoms with Gasteiger partial charge in [0.1, 0.15) is 6.54 Å². The predicted octanol–water partition coefficient (Wildman–Crippen LogP) is 3.77. The van der Waals surface area contributed by atoms with Crippen LogP contribution in [0.15, 0.2) is 77.9 Å². The van der Waals surface area contributed by atoms with Crippen LogP contribution in [0.1, 0.15) is 25.8 Å². The lowest BCUT2D eigenvalue weighted by atomic mass is 9.81. The van der Waals surface area contributed by atoms with E-state index in [0.29, 0.717) is 17.8 Å². The number of hydrogen-bond donors (Lipinski definition) is 3. The molecule has 1 heterocycles. The van der Waals surface area contributed by atoms with Gasteiger partial charge in [-0.1, -0.05) is 24.3 Å². The van der Waals surface area contributed by atoms with Crippen molar-refractivity contribution in [2.45, 2.75) is 30.6 Å². The zero-order valence-electron chi connectivity index (χ0n) is 18.3. The number of allylic oxidation sites excluding steroid dienone is 3. The average Bonchev–Trinajstić information content (AvgIpc) is 2.93. The van der Waals surface area contributed by atoms with Crippen LogP contribution in [0.4, 0.5) is 11.4 Å². The first-order valence-corrected chi connectivity index (χ1v) is 13.3. The Morgan fingerprint density at radius 3 is 2.33 bits per heavy atom. The number of rotatable bonds is 9. The molecule has 3 rings (SSSR count). The molecule has 10 heteroatoms. The van der Waals surface area contributed by atoms with Crippen LogP contribution < -0.4 is 5.32 Å². The largest absolute Gasteiger partial charge is 0.362 e. The number of anilines is 1. The van der Waals surface area contributed by atoms with Crippen molar-refractivity contribution in [3.8, 4) is 0 Å². The molecule has 0 amide bonds. The van der Waals surface area contributed by atoms with E-state index in [1.807, 2.05) is 67.0 Å². The zero-order chi connectivity index (χ0) is 24.3. The Bertz CT molecular complexity index is 1330. The summed E-state index contributed by atoms with van der Waals surface area (Å²) in [6.45, 7) is 4.15. The summed E-state index contributed by atoms with van der Waals surface area (Å²) in [6.07, 6.45) is 7.49. The monoisotopic (exact) mass is 491 g/mol. The molecule has 0 fully saturated rings. The minimum absolute atomic E-state index is 0.178.